The maximum atomic E-state index is 3.93. The highest BCUT2D eigenvalue weighted by molar-refractivity contribution is 5.50. The summed E-state index contributed by atoms with van der Waals surface area (Å²) in [4.78, 5) is 3.93. The number of hydrogen-bond acceptors (Lipinski definition) is 5. The van der Waals surface area contributed by atoms with Gasteiger partial charge in [0.05, 0.1) is 0 Å². The van der Waals surface area contributed by atoms with Gasteiger partial charge in [0.15, 0.2) is 6.33 Å². The van der Waals surface area contributed by atoms with Crippen LogP contribution in [0.4, 0.5) is 0 Å². The highest BCUT2D eigenvalue weighted by Gasteiger charge is 1.98. The number of aromatic nitrogens is 5. The molecule has 0 aliphatic carbocycles. The minimum absolute atomic E-state index is 0.491. The third-order valence-electron chi connectivity index (χ3n) is 1.33. The summed E-state index contributed by atoms with van der Waals surface area (Å²) in [7, 11) is 0. The predicted octanol–water partition coefficient (Wildman–Crippen LogP) is 0.329. The van der Waals surface area contributed by atoms with E-state index in [1.54, 1.807) is 12.4 Å². The van der Waals surface area contributed by atoms with Crippen LogP contribution in [0.1, 0.15) is 0 Å². The molecule has 0 amide bonds. The molecule has 0 unspecified atom stereocenters. The minimum atomic E-state index is 0.491. The molecule has 0 bridgehead atoms. The Morgan fingerprint density at radius 3 is 2.58 bits per heavy atom. The van der Waals surface area contributed by atoms with Gasteiger partial charge in [0.1, 0.15) is 0 Å². The summed E-state index contributed by atoms with van der Waals surface area (Å²) in [6.07, 6.45) is 4.64. The average molecular weight is 159 g/mol. The van der Waals surface area contributed by atoms with Gasteiger partial charge in [0.2, 0.25) is 5.82 Å². The van der Waals surface area contributed by atoms with Gasteiger partial charge in [-0.15, -0.1) is 20.4 Å². The molecule has 12 heavy (non-hydrogen) atoms. The van der Waals surface area contributed by atoms with Crippen molar-refractivity contribution in [3.63, 3.8) is 0 Å². The molecule has 0 aliphatic rings. The third kappa shape index (κ3) is 1.24. The maximum absolute atomic E-state index is 3.93. The lowest BCUT2D eigenvalue weighted by Gasteiger charge is -1.93. The molecule has 0 atom stereocenters. The van der Waals surface area contributed by atoms with Gasteiger partial charge < -0.3 is 0 Å². The topological polar surface area (TPSA) is 64.5 Å². The van der Waals surface area contributed by atoms with Gasteiger partial charge in [-0.3, -0.25) is 4.98 Å². The first-order valence-electron chi connectivity index (χ1n) is 3.37. The van der Waals surface area contributed by atoms with Crippen molar-refractivity contribution < 1.29 is 0 Å². The molecule has 0 radical (unpaired) electrons. The van der Waals surface area contributed by atoms with E-state index >= 15 is 0 Å². The summed E-state index contributed by atoms with van der Waals surface area (Å²) in [5.74, 6) is 0.491. The number of rotatable bonds is 1. The Morgan fingerprint density at radius 1 is 1.08 bits per heavy atom. The van der Waals surface area contributed by atoms with Gasteiger partial charge in [-0.25, -0.2) is 0 Å². The van der Waals surface area contributed by atoms with Crippen molar-refractivity contribution in [2.45, 2.75) is 0 Å². The van der Waals surface area contributed by atoms with Gasteiger partial charge in [-0.05, 0) is 12.1 Å². The molecule has 58 valence electrons. The molecule has 2 heterocycles. The highest BCUT2D eigenvalue weighted by Crippen LogP contribution is 2.08. The van der Waals surface area contributed by atoms with E-state index in [1.807, 2.05) is 12.1 Å². The number of pyridine rings is 1. The van der Waals surface area contributed by atoms with Crippen LogP contribution in [0.15, 0.2) is 30.9 Å². The van der Waals surface area contributed by atoms with E-state index in [-0.39, 0.29) is 0 Å². The van der Waals surface area contributed by atoms with Crippen molar-refractivity contribution in [1.29, 1.82) is 0 Å². The fourth-order valence-electron chi connectivity index (χ4n) is 0.815. The Balaban J connectivity index is 2.46. The summed E-state index contributed by atoms with van der Waals surface area (Å²) in [5.41, 5.74) is 0.818. The smallest absolute Gasteiger partial charge is 0.205 e. The van der Waals surface area contributed by atoms with Crippen LogP contribution in [-0.4, -0.2) is 25.4 Å². The Morgan fingerprint density at radius 2 is 1.92 bits per heavy atom. The van der Waals surface area contributed by atoms with Crippen molar-refractivity contribution in [2.75, 3.05) is 0 Å². The molecule has 5 heteroatoms. The van der Waals surface area contributed by atoms with E-state index < -0.39 is 0 Å². The highest BCUT2D eigenvalue weighted by atomic mass is 15.3. The van der Waals surface area contributed by atoms with E-state index in [2.05, 4.69) is 25.4 Å². The molecule has 0 fully saturated rings. The number of hydrogen-bond donors (Lipinski definition) is 0. The molecular formula is C7H5N5. The molecule has 5 nitrogen and oxygen atoms in total. The standard InChI is InChI=1S/C7H5N5/c1-2-6(4-8-3-1)7-11-9-5-10-12-7/h1-5H. The zero-order valence-electron chi connectivity index (χ0n) is 6.12. The zero-order valence-corrected chi connectivity index (χ0v) is 6.12. The van der Waals surface area contributed by atoms with Gasteiger partial charge in [0, 0.05) is 18.0 Å². The van der Waals surface area contributed by atoms with Crippen LogP contribution in [0.5, 0.6) is 0 Å². The summed E-state index contributed by atoms with van der Waals surface area (Å²) < 4.78 is 0. The summed E-state index contributed by atoms with van der Waals surface area (Å²) in [5, 5.41) is 14.8. The van der Waals surface area contributed by atoms with Crippen molar-refractivity contribution in [2.24, 2.45) is 0 Å². The largest absolute Gasteiger partial charge is 0.264 e. The minimum Gasteiger partial charge on any atom is -0.264 e. The Bertz CT molecular complexity index is 309. The van der Waals surface area contributed by atoms with Crippen LogP contribution >= 0.6 is 0 Å². The first kappa shape index (κ1) is 6.78. The summed E-state index contributed by atoms with van der Waals surface area (Å²) in [6, 6.07) is 3.66. The molecule has 0 spiro atoms. The van der Waals surface area contributed by atoms with Crippen molar-refractivity contribution in [3.05, 3.63) is 30.9 Å². The SMILES string of the molecule is c1cncc(-c2nncnn2)c1. The van der Waals surface area contributed by atoms with Crippen molar-refractivity contribution in [1.82, 2.24) is 25.4 Å². The molecule has 0 aromatic carbocycles. The van der Waals surface area contributed by atoms with E-state index in [0.717, 1.165) is 5.56 Å². The van der Waals surface area contributed by atoms with Crippen LogP contribution in [-0.2, 0) is 0 Å². The third-order valence-corrected chi connectivity index (χ3v) is 1.33. The lowest BCUT2D eigenvalue weighted by atomic mass is 10.3. The average Bonchev–Trinajstić information content (AvgIpc) is 2.21. The van der Waals surface area contributed by atoms with Gasteiger partial charge in [-0.2, -0.15) is 0 Å². The van der Waals surface area contributed by atoms with Gasteiger partial charge in [0.25, 0.3) is 0 Å². The second-order valence-electron chi connectivity index (χ2n) is 2.11. The van der Waals surface area contributed by atoms with Gasteiger partial charge >= 0.3 is 0 Å². The van der Waals surface area contributed by atoms with Crippen LogP contribution in [0.25, 0.3) is 11.4 Å². The van der Waals surface area contributed by atoms with E-state index in [9.17, 15) is 0 Å². The maximum Gasteiger partial charge on any atom is 0.205 e. The van der Waals surface area contributed by atoms with Crippen LogP contribution in [0.2, 0.25) is 0 Å². The van der Waals surface area contributed by atoms with Crippen LogP contribution < -0.4 is 0 Å². The monoisotopic (exact) mass is 159 g/mol. The first-order valence-corrected chi connectivity index (χ1v) is 3.37. The fraction of sp³-hybridized carbons (Fsp3) is 0. The molecule has 2 aromatic rings. The second kappa shape index (κ2) is 3.00. The molecular weight excluding hydrogens is 154 g/mol. The summed E-state index contributed by atoms with van der Waals surface area (Å²) in [6.45, 7) is 0. The second-order valence-corrected chi connectivity index (χ2v) is 2.11. The van der Waals surface area contributed by atoms with Crippen LogP contribution in [0, 0.1) is 0 Å². The molecule has 0 saturated carbocycles. The lowest BCUT2D eigenvalue weighted by molar-refractivity contribution is 0.863. The van der Waals surface area contributed by atoms with E-state index in [0.29, 0.717) is 5.82 Å². The lowest BCUT2D eigenvalue weighted by Crippen LogP contribution is -1.93. The first-order chi connectivity index (χ1) is 5.97. The molecule has 2 aromatic heterocycles. The van der Waals surface area contributed by atoms with Crippen molar-refractivity contribution in [3.8, 4) is 11.4 Å². The molecule has 0 saturated heterocycles. The Kier molecular flexibility index (Phi) is 1.69. The van der Waals surface area contributed by atoms with E-state index in [1.165, 1.54) is 6.33 Å². The normalized spacial score (nSPS) is 9.67. The van der Waals surface area contributed by atoms with Crippen LogP contribution in [0.3, 0.4) is 0 Å². The molecule has 0 N–H and O–H groups in total. The number of nitrogens with zero attached hydrogens (tertiary/aromatic N) is 5. The quantitative estimate of drug-likeness (QED) is 0.599. The van der Waals surface area contributed by atoms with Crippen molar-refractivity contribution >= 4 is 0 Å². The van der Waals surface area contributed by atoms with E-state index in [4.69, 9.17) is 0 Å². The zero-order chi connectivity index (χ0) is 8.23. The fourth-order valence-corrected chi connectivity index (χ4v) is 0.815. The Labute approximate surface area is 68.5 Å². The van der Waals surface area contributed by atoms with Gasteiger partial charge in [-0.1, -0.05) is 0 Å². The molecule has 2 rings (SSSR count). The Hall–Kier alpha value is -1.91. The predicted molar refractivity (Wildman–Crippen MR) is 40.9 cm³/mol. The molecule has 0 aliphatic heterocycles. The summed E-state index contributed by atoms with van der Waals surface area (Å²) >= 11 is 0.